The summed E-state index contributed by atoms with van der Waals surface area (Å²) in [6.45, 7) is 3.93. The van der Waals surface area contributed by atoms with Crippen LogP contribution in [-0.2, 0) is 16.4 Å². The Hall–Kier alpha value is -2.08. The van der Waals surface area contributed by atoms with Crippen molar-refractivity contribution in [3.63, 3.8) is 0 Å². The molecule has 6 heteroatoms. The number of anilines is 1. The molecule has 23 heavy (non-hydrogen) atoms. The second-order valence-electron chi connectivity index (χ2n) is 5.71. The van der Waals surface area contributed by atoms with Gasteiger partial charge >= 0.3 is 0 Å². The quantitative estimate of drug-likeness (QED) is 0.861. The minimum atomic E-state index is -3.78. The van der Waals surface area contributed by atoms with Gasteiger partial charge in [-0.1, -0.05) is 18.2 Å². The molecule has 3 rings (SSSR count). The average Bonchev–Trinajstić information content (AvgIpc) is 2.93. The van der Waals surface area contributed by atoms with E-state index in [9.17, 15) is 12.8 Å². The molecule has 0 saturated heterocycles. The molecule has 1 aliphatic rings. The van der Waals surface area contributed by atoms with Crippen molar-refractivity contribution in [3.05, 3.63) is 53.8 Å². The number of rotatable bonds is 4. The molecule has 0 saturated carbocycles. The van der Waals surface area contributed by atoms with Crippen LogP contribution in [0.15, 0.2) is 47.4 Å². The Kier molecular flexibility index (Phi) is 4.02. The Labute approximate surface area is 135 Å². The summed E-state index contributed by atoms with van der Waals surface area (Å²) in [4.78, 5) is -0.0668. The van der Waals surface area contributed by atoms with E-state index in [2.05, 4.69) is 0 Å². The normalized spacial score (nSPS) is 14.2. The number of ether oxygens (including phenoxy) is 1. The number of halogens is 1. The summed E-state index contributed by atoms with van der Waals surface area (Å²) in [5.41, 5.74) is 1.65. The van der Waals surface area contributed by atoms with Gasteiger partial charge in [0.25, 0.3) is 10.0 Å². The van der Waals surface area contributed by atoms with Gasteiger partial charge in [-0.3, -0.25) is 4.31 Å². The van der Waals surface area contributed by atoms with Gasteiger partial charge in [0.05, 0.1) is 16.7 Å². The van der Waals surface area contributed by atoms with E-state index >= 15 is 0 Å². The van der Waals surface area contributed by atoms with E-state index in [4.69, 9.17) is 4.74 Å². The first-order chi connectivity index (χ1) is 10.9. The van der Waals surface area contributed by atoms with Gasteiger partial charge in [-0.05, 0) is 50.1 Å². The van der Waals surface area contributed by atoms with Crippen molar-refractivity contribution in [1.82, 2.24) is 0 Å². The maximum absolute atomic E-state index is 14.1. The molecular weight excluding hydrogens is 317 g/mol. The molecule has 122 valence electrons. The van der Waals surface area contributed by atoms with Crippen molar-refractivity contribution in [3.8, 4) is 5.75 Å². The molecule has 0 radical (unpaired) electrons. The Morgan fingerprint density at radius 2 is 1.91 bits per heavy atom. The van der Waals surface area contributed by atoms with Crippen LogP contribution in [0.1, 0.15) is 19.4 Å². The second kappa shape index (κ2) is 5.85. The number of sulfonamides is 1. The molecule has 0 atom stereocenters. The molecule has 0 fully saturated rings. The topological polar surface area (TPSA) is 46.6 Å². The monoisotopic (exact) mass is 335 g/mol. The highest BCUT2D eigenvalue weighted by atomic mass is 32.2. The lowest BCUT2D eigenvalue weighted by Crippen LogP contribution is -2.29. The van der Waals surface area contributed by atoms with Crippen molar-refractivity contribution in [2.24, 2.45) is 0 Å². The number of fused-ring (bicyclic) bond motifs is 1. The van der Waals surface area contributed by atoms with Gasteiger partial charge in [-0.2, -0.15) is 0 Å². The second-order valence-corrected chi connectivity index (χ2v) is 7.58. The third kappa shape index (κ3) is 2.91. The van der Waals surface area contributed by atoms with Crippen molar-refractivity contribution in [2.45, 2.75) is 31.3 Å². The molecular formula is C17H18FNO3S. The molecule has 0 aliphatic carbocycles. The number of nitrogens with zero attached hydrogens (tertiary/aromatic N) is 1. The molecule has 0 N–H and O–H groups in total. The molecule has 0 amide bonds. The van der Waals surface area contributed by atoms with Gasteiger partial charge in [-0.25, -0.2) is 12.8 Å². The fourth-order valence-electron chi connectivity index (χ4n) is 2.68. The molecule has 4 nitrogen and oxygen atoms in total. The van der Waals surface area contributed by atoms with Crippen molar-refractivity contribution in [1.29, 1.82) is 0 Å². The van der Waals surface area contributed by atoms with E-state index in [0.29, 0.717) is 18.7 Å². The minimum Gasteiger partial charge on any atom is -0.488 e. The molecule has 0 bridgehead atoms. The Balaban J connectivity index is 1.97. The number of hydrogen-bond acceptors (Lipinski definition) is 3. The molecule has 1 heterocycles. The first kappa shape index (κ1) is 15.8. The van der Waals surface area contributed by atoms with Gasteiger partial charge in [0, 0.05) is 6.54 Å². The standard InChI is InChI=1S/C17H18FNO3S/c1-12(2)22-17-8-7-14(11-15(17)18)23(20,21)19-10-9-13-5-3-4-6-16(13)19/h3-8,11-12H,9-10H2,1-2H3. The molecule has 0 unspecified atom stereocenters. The maximum atomic E-state index is 14.1. The summed E-state index contributed by atoms with van der Waals surface area (Å²) in [5.74, 6) is -0.618. The van der Waals surface area contributed by atoms with Crippen molar-refractivity contribution >= 4 is 15.7 Å². The van der Waals surface area contributed by atoms with Gasteiger partial charge in [0.15, 0.2) is 11.6 Å². The first-order valence-corrected chi connectivity index (χ1v) is 8.90. The van der Waals surface area contributed by atoms with E-state index in [0.717, 1.165) is 11.6 Å². The van der Waals surface area contributed by atoms with Crippen LogP contribution in [0.4, 0.5) is 10.1 Å². The molecule has 2 aromatic rings. The van der Waals surface area contributed by atoms with Gasteiger partial charge < -0.3 is 4.74 Å². The van der Waals surface area contributed by atoms with Crippen LogP contribution in [0.3, 0.4) is 0 Å². The molecule has 1 aliphatic heterocycles. The van der Waals surface area contributed by atoms with Gasteiger partial charge in [0.1, 0.15) is 0 Å². The zero-order valence-corrected chi connectivity index (χ0v) is 13.8. The van der Waals surface area contributed by atoms with Gasteiger partial charge in [-0.15, -0.1) is 0 Å². The van der Waals surface area contributed by atoms with E-state index in [-0.39, 0.29) is 16.7 Å². The van der Waals surface area contributed by atoms with Crippen LogP contribution in [0.5, 0.6) is 5.75 Å². The number of benzene rings is 2. The third-order valence-corrected chi connectivity index (χ3v) is 5.51. The van der Waals surface area contributed by atoms with Crippen LogP contribution in [0, 0.1) is 5.82 Å². The zero-order chi connectivity index (χ0) is 16.6. The van der Waals surface area contributed by atoms with Crippen LogP contribution in [-0.4, -0.2) is 21.1 Å². The predicted octanol–water partition coefficient (Wildman–Crippen LogP) is 3.36. The Bertz CT molecular complexity index is 833. The molecule has 0 aromatic heterocycles. The van der Waals surface area contributed by atoms with Gasteiger partial charge in [0.2, 0.25) is 0 Å². The third-order valence-electron chi connectivity index (χ3n) is 3.70. The summed E-state index contributed by atoms with van der Waals surface area (Å²) in [6, 6.07) is 11.1. The van der Waals surface area contributed by atoms with E-state index < -0.39 is 15.8 Å². The molecule has 0 spiro atoms. The Morgan fingerprint density at radius 3 is 2.61 bits per heavy atom. The number of hydrogen-bond donors (Lipinski definition) is 0. The Morgan fingerprint density at radius 1 is 1.17 bits per heavy atom. The SMILES string of the molecule is CC(C)Oc1ccc(S(=O)(=O)N2CCc3ccccc32)cc1F. The lowest BCUT2D eigenvalue weighted by Gasteiger charge is -2.20. The lowest BCUT2D eigenvalue weighted by molar-refractivity contribution is 0.231. The molecule has 2 aromatic carbocycles. The lowest BCUT2D eigenvalue weighted by atomic mass is 10.2. The van der Waals surface area contributed by atoms with E-state index in [1.165, 1.54) is 16.4 Å². The maximum Gasteiger partial charge on any atom is 0.264 e. The fourth-order valence-corrected chi connectivity index (χ4v) is 4.19. The first-order valence-electron chi connectivity index (χ1n) is 7.46. The summed E-state index contributed by atoms with van der Waals surface area (Å²) in [7, 11) is -3.78. The van der Waals surface area contributed by atoms with Crippen LogP contribution < -0.4 is 9.04 Å². The fraction of sp³-hybridized carbons (Fsp3) is 0.294. The summed E-state index contributed by atoms with van der Waals surface area (Å²) < 4.78 is 46.4. The van der Waals surface area contributed by atoms with E-state index in [1.807, 2.05) is 12.1 Å². The highest BCUT2D eigenvalue weighted by Crippen LogP contribution is 2.33. The van der Waals surface area contributed by atoms with Crippen molar-refractivity contribution < 1.29 is 17.5 Å². The zero-order valence-electron chi connectivity index (χ0n) is 13.0. The smallest absolute Gasteiger partial charge is 0.264 e. The highest BCUT2D eigenvalue weighted by molar-refractivity contribution is 7.92. The van der Waals surface area contributed by atoms with Crippen LogP contribution in [0.25, 0.3) is 0 Å². The predicted molar refractivity (Wildman–Crippen MR) is 86.8 cm³/mol. The van der Waals surface area contributed by atoms with Crippen LogP contribution in [0.2, 0.25) is 0 Å². The summed E-state index contributed by atoms with van der Waals surface area (Å²) in [5, 5.41) is 0. The average molecular weight is 335 g/mol. The van der Waals surface area contributed by atoms with Crippen molar-refractivity contribution in [2.75, 3.05) is 10.8 Å². The summed E-state index contributed by atoms with van der Waals surface area (Å²) >= 11 is 0. The summed E-state index contributed by atoms with van der Waals surface area (Å²) in [6.07, 6.45) is 0.476. The number of para-hydroxylation sites is 1. The van der Waals surface area contributed by atoms with Crippen LogP contribution >= 0.6 is 0 Å². The largest absolute Gasteiger partial charge is 0.488 e. The highest BCUT2D eigenvalue weighted by Gasteiger charge is 2.31. The minimum absolute atomic E-state index is 0.0563. The van der Waals surface area contributed by atoms with E-state index in [1.54, 1.807) is 26.0 Å².